The molecule has 8 heteroatoms. The fourth-order valence-corrected chi connectivity index (χ4v) is 3.52. The maximum absolute atomic E-state index is 12.4. The largest absolute Gasteiger partial charge is 0.493 e. The Morgan fingerprint density at radius 1 is 1.38 bits per heavy atom. The summed E-state index contributed by atoms with van der Waals surface area (Å²) in [5.74, 6) is 2.34. The summed E-state index contributed by atoms with van der Waals surface area (Å²) >= 11 is 1.19. The quantitative estimate of drug-likeness (QED) is 0.919. The summed E-state index contributed by atoms with van der Waals surface area (Å²) < 4.78 is 14.9. The highest BCUT2D eigenvalue weighted by Crippen LogP contribution is 2.39. The van der Waals surface area contributed by atoms with Crippen molar-refractivity contribution in [1.82, 2.24) is 14.3 Å². The number of likely N-dealkylation sites (tertiary alicyclic amines) is 1. The Morgan fingerprint density at radius 2 is 2.21 bits per heavy atom. The van der Waals surface area contributed by atoms with Crippen LogP contribution in [0.5, 0.6) is 11.5 Å². The first-order valence-electron chi connectivity index (χ1n) is 7.69. The third-order valence-corrected chi connectivity index (χ3v) is 4.81. The molecule has 0 saturated carbocycles. The van der Waals surface area contributed by atoms with Gasteiger partial charge in [0.2, 0.25) is 5.13 Å². The monoisotopic (exact) mass is 348 g/mol. The van der Waals surface area contributed by atoms with Gasteiger partial charge in [-0.15, -0.1) is 0 Å². The van der Waals surface area contributed by atoms with Gasteiger partial charge in [0, 0.05) is 36.1 Å². The van der Waals surface area contributed by atoms with E-state index in [0.29, 0.717) is 29.8 Å². The van der Waals surface area contributed by atoms with Gasteiger partial charge < -0.3 is 14.4 Å². The molecule has 1 aromatic heterocycles. The standard InChI is InChI=1S/C16H20N4O3S/c1-10-17-15(24-19-10)18-16(21)20-8-7-11(9-20)12-5-4-6-13(22-2)14(12)23-3/h4-6,11H,7-9H2,1-3H3,(H,17,18,19,21)/t11-/m1/s1. The summed E-state index contributed by atoms with van der Waals surface area (Å²) in [5, 5.41) is 3.33. The van der Waals surface area contributed by atoms with Gasteiger partial charge in [-0.1, -0.05) is 12.1 Å². The van der Waals surface area contributed by atoms with E-state index in [1.54, 1.807) is 26.0 Å². The highest BCUT2D eigenvalue weighted by atomic mass is 32.1. The van der Waals surface area contributed by atoms with Crippen LogP contribution < -0.4 is 14.8 Å². The first-order valence-corrected chi connectivity index (χ1v) is 8.47. The van der Waals surface area contributed by atoms with Crippen molar-refractivity contribution in [1.29, 1.82) is 0 Å². The molecule has 1 saturated heterocycles. The van der Waals surface area contributed by atoms with E-state index in [4.69, 9.17) is 9.47 Å². The Labute approximate surface area is 144 Å². The number of aryl methyl sites for hydroxylation is 1. The van der Waals surface area contributed by atoms with E-state index in [9.17, 15) is 4.79 Å². The average Bonchev–Trinajstić information content (AvgIpc) is 3.23. The smallest absolute Gasteiger partial charge is 0.323 e. The fourth-order valence-electron chi connectivity index (χ4n) is 2.95. The molecule has 0 spiro atoms. The maximum atomic E-state index is 12.4. The molecule has 0 aliphatic carbocycles. The van der Waals surface area contributed by atoms with Crippen LogP contribution in [-0.4, -0.2) is 47.6 Å². The van der Waals surface area contributed by atoms with E-state index in [-0.39, 0.29) is 11.9 Å². The number of aromatic nitrogens is 2. The number of amides is 2. The molecule has 2 heterocycles. The minimum Gasteiger partial charge on any atom is -0.493 e. The molecule has 1 atom stereocenters. The van der Waals surface area contributed by atoms with Crippen molar-refractivity contribution in [3.05, 3.63) is 29.6 Å². The number of ether oxygens (including phenoxy) is 2. The molecule has 0 bridgehead atoms. The number of nitrogens with one attached hydrogen (secondary N) is 1. The van der Waals surface area contributed by atoms with Crippen molar-refractivity contribution >= 4 is 22.7 Å². The molecular formula is C16H20N4O3S. The number of para-hydroxylation sites is 1. The molecule has 0 radical (unpaired) electrons. The lowest BCUT2D eigenvalue weighted by atomic mass is 9.97. The first-order chi connectivity index (χ1) is 11.6. The second kappa shape index (κ2) is 7.04. The van der Waals surface area contributed by atoms with Gasteiger partial charge in [-0.25, -0.2) is 9.78 Å². The number of rotatable bonds is 4. The molecule has 3 rings (SSSR count). The second-order valence-corrected chi connectivity index (χ2v) is 6.34. The van der Waals surface area contributed by atoms with E-state index >= 15 is 0 Å². The SMILES string of the molecule is COc1cccc([C@@H]2CCN(C(=O)Nc3nc(C)ns3)C2)c1OC. The van der Waals surface area contributed by atoms with Gasteiger partial charge in [0.05, 0.1) is 14.2 Å². The molecule has 1 aliphatic heterocycles. The van der Waals surface area contributed by atoms with Crippen LogP contribution in [0.25, 0.3) is 0 Å². The molecule has 128 valence electrons. The highest BCUT2D eigenvalue weighted by Gasteiger charge is 2.30. The zero-order valence-corrected chi connectivity index (χ0v) is 14.7. The number of nitrogens with zero attached hydrogens (tertiary/aromatic N) is 3. The molecule has 1 aromatic carbocycles. The second-order valence-electron chi connectivity index (χ2n) is 5.59. The van der Waals surface area contributed by atoms with Gasteiger partial charge in [-0.05, 0) is 19.4 Å². The molecule has 2 amide bonds. The summed E-state index contributed by atoms with van der Waals surface area (Å²) in [6.45, 7) is 3.12. The lowest BCUT2D eigenvalue weighted by Crippen LogP contribution is -2.32. The average molecular weight is 348 g/mol. The molecule has 24 heavy (non-hydrogen) atoms. The van der Waals surface area contributed by atoms with Gasteiger partial charge in [0.25, 0.3) is 0 Å². The fraction of sp³-hybridized carbons (Fsp3) is 0.438. The third kappa shape index (κ3) is 3.28. The Bertz CT molecular complexity index is 734. The molecule has 0 unspecified atom stereocenters. The van der Waals surface area contributed by atoms with Crippen molar-refractivity contribution in [2.45, 2.75) is 19.3 Å². The molecule has 1 aliphatic rings. The number of hydrogen-bond acceptors (Lipinski definition) is 6. The number of carbonyl (C=O) groups excluding carboxylic acids is 1. The summed E-state index contributed by atoms with van der Waals surface area (Å²) in [6.07, 6.45) is 0.881. The van der Waals surface area contributed by atoms with Gasteiger partial charge in [0.1, 0.15) is 5.82 Å². The zero-order valence-electron chi connectivity index (χ0n) is 13.9. The van der Waals surface area contributed by atoms with Crippen molar-refractivity contribution in [3.8, 4) is 11.5 Å². The van der Waals surface area contributed by atoms with Gasteiger partial charge >= 0.3 is 6.03 Å². The lowest BCUT2D eigenvalue weighted by molar-refractivity contribution is 0.222. The number of methoxy groups -OCH3 is 2. The van der Waals surface area contributed by atoms with Crippen LogP contribution in [0.15, 0.2) is 18.2 Å². The first kappa shape index (κ1) is 16.5. The van der Waals surface area contributed by atoms with Gasteiger partial charge in [-0.2, -0.15) is 4.37 Å². The summed E-state index contributed by atoms with van der Waals surface area (Å²) in [7, 11) is 3.26. The van der Waals surface area contributed by atoms with Crippen LogP contribution in [0.1, 0.15) is 23.7 Å². The van der Waals surface area contributed by atoms with Gasteiger partial charge in [-0.3, -0.25) is 5.32 Å². The summed E-state index contributed by atoms with van der Waals surface area (Å²) in [6, 6.07) is 5.71. The minimum atomic E-state index is -0.143. The predicted molar refractivity (Wildman–Crippen MR) is 92.1 cm³/mol. The maximum Gasteiger partial charge on any atom is 0.323 e. The van der Waals surface area contributed by atoms with Crippen molar-refractivity contribution in [3.63, 3.8) is 0 Å². The normalized spacial score (nSPS) is 17.0. The third-order valence-electron chi connectivity index (χ3n) is 4.09. The number of anilines is 1. The number of carbonyl (C=O) groups is 1. The Hall–Kier alpha value is -2.35. The van der Waals surface area contributed by atoms with E-state index < -0.39 is 0 Å². The van der Waals surface area contributed by atoms with E-state index in [1.807, 2.05) is 18.2 Å². The van der Waals surface area contributed by atoms with E-state index in [1.165, 1.54) is 11.5 Å². The van der Waals surface area contributed by atoms with Crippen LogP contribution in [0, 0.1) is 6.92 Å². The van der Waals surface area contributed by atoms with E-state index in [2.05, 4.69) is 14.7 Å². The topological polar surface area (TPSA) is 76.6 Å². The Balaban J connectivity index is 1.70. The molecule has 1 fully saturated rings. The Morgan fingerprint density at radius 3 is 2.88 bits per heavy atom. The number of urea groups is 1. The van der Waals surface area contributed by atoms with Crippen LogP contribution in [0.2, 0.25) is 0 Å². The van der Waals surface area contributed by atoms with Crippen LogP contribution in [0.4, 0.5) is 9.93 Å². The molecule has 2 aromatic rings. The zero-order chi connectivity index (χ0) is 17.1. The van der Waals surface area contributed by atoms with Crippen LogP contribution in [-0.2, 0) is 0 Å². The van der Waals surface area contributed by atoms with Crippen LogP contribution in [0.3, 0.4) is 0 Å². The molecule has 1 N–H and O–H groups in total. The molecule has 7 nitrogen and oxygen atoms in total. The number of benzene rings is 1. The minimum absolute atomic E-state index is 0.143. The van der Waals surface area contributed by atoms with Crippen molar-refractivity contribution < 1.29 is 14.3 Å². The lowest BCUT2D eigenvalue weighted by Gasteiger charge is -2.19. The summed E-state index contributed by atoms with van der Waals surface area (Å²) in [5.41, 5.74) is 1.07. The Kier molecular flexibility index (Phi) is 4.84. The van der Waals surface area contributed by atoms with Gasteiger partial charge in [0.15, 0.2) is 11.5 Å². The predicted octanol–water partition coefficient (Wildman–Crippen LogP) is 2.89. The van der Waals surface area contributed by atoms with Crippen molar-refractivity contribution in [2.75, 3.05) is 32.6 Å². The van der Waals surface area contributed by atoms with E-state index in [0.717, 1.165) is 17.7 Å². The summed E-state index contributed by atoms with van der Waals surface area (Å²) in [4.78, 5) is 18.3. The molecular weight excluding hydrogens is 328 g/mol. The number of hydrogen-bond donors (Lipinski definition) is 1. The van der Waals surface area contributed by atoms with Crippen molar-refractivity contribution in [2.24, 2.45) is 0 Å². The van der Waals surface area contributed by atoms with Crippen LogP contribution >= 0.6 is 11.5 Å². The highest BCUT2D eigenvalue weighted by molar-refractivity contribution is 7.09.